The first kappa shape index (κ1) is 5.68. The highest BCUT2D eigenvalue weighted by molar-refractivity contribution is 7.13. The van der Waals surface area contributed by atoms with Crippen molar-refractivity contribution in [1.82, 2.24) is 4.37 Å². The summed E-state index contributed by atoms with van der Waals surface area (Å²) in [6, 6.07) is 7.54. The molecule has 1 heterocycles. The van der Waals surface area contributed by atoms with Gasteiger partial charge in [-0.3, -0.25) is 9.17 Å². The molecule has 2 aromatic rings. The maximum Gasteiger partial charge on any atom is 0.265 e. The standard InChI is InChI=1S/C7H5NOS/c9-7-5-3-1-2-4-6(5)10-8-7/h1-4H,(H,8,9)/i8+1. The number of benzene rings is 1. The number of hydrogen-bond donors (Lipinski definition) is 1. The van der Waals surface area contributed by atoms with E-state index < -0.39 is 0 Å². The minimum Gasteiger partial charge on any atom is -0.277 e. The Kier molecular flexibility index (Phi) is 1.11. The molecule has 1 aromatic carbocycles. The number of H-pyrrole nitrogens is 1. The van der Waals surface area contributed by atoms with Crippen molar-refractivity contribution in [2.24, 2.45) is 0 Å². The number of nitrogens with one attached hydrogen (secondary N) is 1. The van der Waals surface area contributed by atoms with Crippen LogP contribution in [0.5, 0.6) is 0 Å². The van der Waals surface area contributed by atoms with Gasteiger partial charge in [-0.1, -0.05) is 23.7 Å². The van der Waals surface area contributed by atoms with Gasteiger partial charge in [0, 0.05) is 0 Å². The highest BCUT2D eigenvalue weighted by atomic mass is 32.1. The van der Waals surface area contributed by atoms with Crippen LogP contribution in [0.1, 0.15) is 0 Å². The molecular weight excluding hydrogens is 147 g/mol. The molecule has 0 saturated carbocycles. The van der Waals surface area contributed by atoms with Crippen LogP contribution in [-0.2, 0) is 0 Å². The molecule has 0 aliphatic carbocycles. The van der Waals surface area contributed by atoms with Crippen LogP contribution in [0, 0.1) is 0 Å². The minimum atomic E-state index is 0.0144. The summed E-state index contributed by atoms with van der Waals surface area (Å²) in [4.78, 5) is 10.9. The Labute approximate surface area is 61.3 Å². The average Bonchev–Trinajstić information content (AvgIpc) is 2.34. The fourth-order valence-electron chi connectivity index (χ4n) is 0.900. The highest BCUT2D eigenvalue weighted by Crippen LogP contribution is 2.11. The molecule has 0 fully saturated rings. The molecule has 50 valence electrons. The van der Waals surface area contributed by atoms with E-state index in [1.54, 1.807) is 0 Å². The van der Waals surface area contributed by atoms with E-state index >= 15 is 0 Å². The van der Waals surface area contributed by atoms with Gasteiger partial charge in [0.2, 0.25) is 0 Å². The van der Waals surface area contributed by atoms with Crippen molar-refractivity contribution in [3.8, 4) is 0 Å². The second-order valence-corrected chi connectivity index (χ2v) is 2.88. The molecule has 0 aliphatic rings. The van der Waals surface area contributed by atoms with Gasteiger partial charge in [-0.25, -0.2) is 0 Å². The van der Waals surface area contributed by atoms with E-state index in [0.717, 1.165) is 10.1 Å². The fraction of sp³-hybridized carbons (Fsp3) is 0. The zero-order chi connectivity index (χ0) is 6.97. The smallest absolute Gasteiger partial charge is 0.265 e. The number of hydrogen-bond acceptors (Lipinski definition) is 2. The third kappa shape index (κ3) is 0.675. The molecule has 10 heavy (non-hydrogen) atoms. The summed E-state index contributed by atoms with van der Waals surface area (Å²) in [6.45, 7) is 0. The Morgan fingerprint density at radius 2 is 2.10 bits per heavy atom. The van der Waals surface area contributed by atoms with Crippen molar-refractivity contribution in [3.05, 3.63) is 34.6 Å². The van der Waals surface area contributed by atoms with Crippen LogP contribution in [0.2, 0.25) is 0 Å². The van der Waals surface area contributed by atoms with Gasteiger partial charge < -0.3 is 0 Å². The van der Waals surface area contributed by atoms with Crippen molar-refractivity contribution < 1.29 is 0 Å². The number of fused-ring (bicyclic) bond motifs is 1. The van der Waals surface area contributed by atoms with Gasteiger partial charge in [0.1, 0.15) is 0 Å². The third-order valence-corrected chi connectivity index (χ3v) is 2.25. The van der Waals surface area contributed by atoms with E-state index in [-0.39, 0.29) is 5.56 Å². The van der Waals surface area contributed by atoms with Crippen LogP contribution < -0.4 is 5.56 Å². The predicted molar refractivity (Wildman–Crippen MR) is 42.4 cm³/mol. The molecule has 0 spiro atoms. The van der Waals surface area contributed by atoms with Crippen LogP contribution in [0.3, 0.4) is 0 Å². The number of aromatic nitrogens is 1. The van der Waals surface area contributed by atoms with Gasteiger partial charge in [-0.2, -0.15) is 0 Å². The van der Waals surface area contributed by atoms with Gasteiger partial charge in [-0.05, 0) is 12.1 Å². The average molecular weight is 152 g/mol. The second kappa shape index (κ2) is 1.95. The summed E-state index contributed by atoms with van der Waals surface area (Å²) in [5.41, 5.74) is 0.0144. The normalized spacial score (nSPS) is 10.4. The zero-order valence-corrected chi connectivity index (χ0v) is 5.94. The summed E-state index contributed by atoms with van der Waals surface area (Å²) in [7, 11) is 0. The molecule has 0 saturated heterocycles. The van der Waals surface area contributed by atoms with E-state index in [1.165, 1.54) is 11.5 Å². The Morgan fingerprint density at radius 3 is 2.90 bits per heavy atom. The first-order valence-electron chi connectivity index (χ1n) is 2.94. The Morgan fingerprint density at radius 1 is 1.30 bits per heavy atom. The van der Waals surface area contributed by atoms with Crippen LogP contribution in [-0.4, -0.2) is 4.37 Å². The number of aromatic amines is 1. The minimum absolute atomic E-state index is 0.0144. The molecule has 1 aromatic heterocycles. The molecule has 0 unspecified atom stereocenters. The van der Waals surface area contributed by atoms with Crippen LogP contribution in [0.25, 0.3) is 10.1 Å². The first-order valence-corrected chi connectivity index (χ1v) is 3.76. The molecule has 0 aliphatic heterocycles. The predicted octanol–water partition coefficient (Wildman–Crippen LogP) is 1.59. The van der Waals surface area contributed by atoms with E-state index in [1.807, 2.05) is 24.3 Å². The van der Waals surface area contributed by atoms with Gasteiger partial charge in [0.05, 0.1) is 10.1 Å². The lowest BCUT2D eigenvalue weighted by Crippen LogP contribution is -1.94. The molecular formula is C7H5NOS. The van der Waals surface area contributed by atoms with Gasteiger partial charge in [-0.15, -0.1) is 0 Å². The topological polar surface area (TPSA) is 32.9 Å². The molecule has 1 N–H and O–H groups in total. The molecule has 0 atom stereocenters. The zero-order valence-electron chi connectivity index (χ0n) is 5.13. The largest absolute Gasteiger partial charge is 0.277 e. The summed E-state index contributed by atoms with van der Waals surface area (Å²) >= 11 is 1.38. The summed E-state index contributed by atoms with van der Waals surface area (Å²) < 4.78 is 3.68. The quantitative estimate of drug-likeness (QED) is 0.611. The molecule has 0 bridgehead atoms. The molecule has 2 nitrogen and oxygen atoms in total. The second-order valence-electron chi connectivity index (χ2n) is 2.03. The fourth-order valence-corrected chi connectivity index (χ4v) is 1.63. The van der Waals surface area contributed by atoms with E-state index in [9.17, 15) is 4.79 Å². The molecule has 3 heteroatoms. The molecule has 2 rings (SSSR count). The Bertz CT molecular complexity index is 401. The lowest BCUT2D eigenvalue weighted by molar-refractivity contribution is 1.46. The van der Waals surface area contributed by atoms with Crippen molar-refractivity contribution >= 4 is 21.6 Å². The van der Waals surface area contributed by atoms with Crippen molar-refractivity contribution in [2.45, 2.75) is 0 Å². The maximum absolute atomic E-state index is 10.9. The first-order chi connectivity index (χ1) is 4.88. The number of rotatable bonds is 0. The van der Waals surface area contributed by atoms with Crippen LogP contribution in [0.15, 0.2) is 29.1 Å². The van der Waals surface area contributed by atoms with E-state index in [4.69, 9.17) is 0 Å². The molecule has 0 radical (unpaired) electrons. The van der Waals surface area contributed by atoms with Gasteiger partial charge in [0.15, 0.2) is 0 Å². The van der Waals surface area contributed by atoms with Gasteiger partial charge >= 0.3 is 0 Å². The summed E-state index contributed by atoms with van der Waals surface area (Å²) in [6.07, 6.45) is 0. The van der Waals surface area contributed by atoms with Gasteiger partial charge in [0.25, 0.3) is 5.56 Å². The van der Waals surface area contributed by atoms with Crippen molar-refractivity contribution in [3.63, 3.8) is 0 Å². The Balaban J connectivity index is 3.07. The van der Waals surface area contributed by atoms with Crippen molar-refractivity contribution in [1.29, 1.82) is 0 Å². The van der Waals surface area contributed by atoms with Crippen molar-refractivity contribution in [2.75, 3.05) is 0 Å². The lowest BCUT2D eigenvalue weighted by atomic mass is 10.3. The summed E-state index contributed by atoms with van der Waals surface area (Å²) in [5.74, 6) is 0. The highest BCUT2D eigenvalue weighted by Gasteiger charge is 1.96. The van der Waals surface area contributed by atoms with E-state index in [0.29, 0.717) is 0 Å². The monoisotopic (exact) mass is 152 g/mol. The van der Waals surface area contributed by atoms with E-state index in [2.05, 4.69) is 4.37 Å². The maximum atomic E-state index is 10.9. The van der Waals surface area contributed by atoms with Crippen LogP contribution in [0.4, 0.5) is 0 Å². The molecule has 0 amide bonds. The lowest BCUT2D eigenvalue weighted by Gasteiger charge is -1.79. The SMILES string of the molecule is O=c1[15nH]sc2ccccc12. The third-order valence-electron chi connectivity index (χ3n) is 1.39. The summed E-state index contributed by atoms with van der Waals surface area (Å²) in [5, 5.41) is 0.785. The Hall–Kier alpha value is -1.09. The van der Waals surface area contributed by atoms with Crippen LogP contribution >= 0.6 is 11.5 Å².